The van der Waals surface area contributed by atoms with Gasteiger partial charge in [0, 0.05) is 20.6 Å². The summed E-state index contributed by atoms with van der Waals surface area (Å²) in [6.45, 7) is 10.4. The molecule has 1 saturated heterocycles. The molecule has 0 aromatic rings. The molecule has 0 aliphatic carbocycles. The van der Waals surface area contributed by atoms with Crippen molar-refractivity contribution >= 4 is 29.8 Å². The number of hydrogen-bond donors (Lipinski definition) is 0. The Hall–Kier alpha value is -2.73. The van der Waals surface area contributed by atoms with Crippen LogP contribution in [0.4, 0.5) is 0 Å². The van der Waals surface area contributed by atoms with Gasteiger partial charge in [0.15, 0.2) is 0 Å². The van der Waals surface area contributed by atoms with E-state index in [0.717, 1.165) is 0 Å². The van der Waals surface area contributed by atoms with Crippen molar-refractivity contribution in [1.29, 1.82) is 0 Å². The second-order valence-corrected chi connectivity index (χ2v) is 9.32. The summed E-state index contributed by atoms with van der Waals surface area (Å²) in [6.07, 6.45) is -1.38. The first kappa shape index (κ1) is 35.3. The van der Waals surface area contributed by atoms with Gasteiger partial charge in [-0.1, -0.05) is 0 Å². The number of carbonyl (C=O) groups is 5. The molecule has 1 aliphatic rings. The van der Waals surface area contributed by atoms with Crippen molar-refractivity contribution < 1.29 is 57.1 Å². The Balaban J connectivity index is 0.000000724. The monoisotopic (exact) mass is 548 g/mol. The van der Waals surface area contributed by atoms with Gasteiger partial charge in [-0.05, 0) is 41.5 Å². The smallest absolute Gasteiger partial charge is 0.309 e. The fourth-order valence-corrected chi connectivity index (χ4v) is 3.01. The van der Waals surface area contributed by atoms with Crippen LogP contribution in [0.1, 0.15) is 80.1 Å². The van der Waals surface area contributed by atoms with Gasteiger partial charge in [0.25, 0.3) is 0 Å². The third-order valence-electron chi connectivity index (χ3n) is 5.19. The maximum atomic E-state index is 11.5. The minimum atomic E-state index is -0.542. The second kappa shape index (κ2) is 19.4. The van der Waals surface area contributed by atoms with Crippen LogP contribution < -0.4 is 0 Å². The maximum absolute atomic E-state index is 11.5. The van der Waals surface area contributed by atoms with Crippen LogP contribution in [-0.4, -0.2) is 87.3 Å². The molecule has 0 amide bonds. The Kier molecular flexibility index (Phi) is 18.0. The highest BCUT2D eigenvalue weighted by Gasteiger charge is 2.23. The molecule has 0 spiro atoms. The molecule has 12 heteroatoms. The topological polar surface area (TPSA) is 150 Å². The van der Waals surface area contributed by atoms with Gasteiger partial charge in [-0.15, -0.1) is 0 Å². The quantitative estimate of drug-likeness (QED) is 0.292. The molecular weight excluding hydrogens is 504 g/mol. The third kappa shape index (κ3) is 18.5. The Morgan fingerprint density at radius 3 is 1.45 bits per heavy atom. The number of methoxy groups -OCH3 is 2. The summed E-state index contributed by atoms with van der Waals surface area (Å²) in [6, 6.07) is 0. The summed E-state index contributed by atoms with van der Waals surface area (Å²) in [5.41, 5.74) is 0. The lowest BCUT2D eigenvalue weighted by atomic mass is 10.2. The zero-order valence-electron chi connectivity index (χ0n) is 23.8. The van der Waals surface area contributed by atoms with E-state index in [2.05, 4.69) is 0 Å². The predicted octanol–water partition coefficient (Wildman–Crippen LogP) is 2.67. The van der Waals surface area contributed by atoms with Gasteiger partial charge in [0.1, 0.15) is 24.4 Å². The predicted molar refractivity (Wildman–Crippen MR) is 134 cm³/mol. The molecule has 6 atom stereocenters. The number of cyclic esters (lactones) is 3. The molecular formula is C26H44O12. The minimum Gasteiger partial charge on any atom is -0.465 e. The van der Waals surface area contributed by atoms with E-state index in [1.54, 1.807) is 55.8 Å². The highest BCUT2D eigenvalue weighted by Crippen LogP contribution is 2.11. The minimum absolute atomic E-state index is 0.0144. The maximum Gasteiger partial charge on any atom is 0.309 e. The van der Waals surface area contributed by atoms with Gasteiger partial charge < -0.3 is 33.2 Å². The van der Waals surface area contributed by atoms with Crippen molar-refractivity contribution in [3.8, 4) is 0 Å². The molecule has 220 valence electrons. The lowest BCUT2D eigenvalue weighted by molar-refractivity contribution is -0.165. The molecule has 0 saturated carbocycles. The fraction of sp³-hybridized carbons (Fsp3) is 0.808. The Morgan fingerprint density at radius 1 is 0.711 bits per heavy atom. The number of carbonyl (C=O) groups excluding carboxylic acids is 5. The van der Waals surface area contributed by atoms with Crippen LogP contribution in [0, 0.1) is 0 Å². The highest BCUT2D eigenvalue weighted by molar-refractivity contribution is 5.75. The molecule has 0 aromatic carbocycles. The summed E-state index contributed by atoms with van der Waals surface area (Å²) < 4.78 is 35.2. The average molecular weight is 549 g/mol. The van der Waals surface area contributed by atoms with Crippen LogP contribution in [0.2, 0.25) is 0 Å². The standard InChI is InChI=1S/C14H26O6.C12H18O6/c1-10(20-14(16)9-12(3)18-5)6-7-19-13(15)8-11(2)17-4;1-7-4-10(13)17-9(3)6-12(15)18-8(2)5-11(14)16-7/h10-12H,6-9H2,1-5H3;7-9H,4-6H2,1-3H3/t10?,11-,12-;7-,8-,9?/m11/s1. The molecule has 38 heavy (non-hydrogen) atoms. The second-order valence-electron chi connectivity index (χ2n) is 9.32. The Bertz CT molecular complexity index is 676. The van der Waals surface area contributed by atoms with Crippen molar-refractivity contribution in [3.63, 3.8) is 0 Å². The van der Waals surface area contributed by atoms with Crippen LogP contribution in [0.3, 0.4) is 0 Å². The summed E-state index contributed by atoms with van der Waals surface area (Å²) in [5.74, 6) is -2.12. The molecule has 0 N–H and O–H groups in total. The van der Waals surface area contributed by atoms with E-state index in [1.807, 2.05) is 0 Å². The molecule has 1 aliphatic heterocycles. The van der Waals surface area contributed by atoms with Gasteiger partial charge in [-0.3, -0.25) is 24.0 Å². The molecule has 1 heterocycles. The molecule has 1 fully saturated rings. The summed E-state index contributed by atoms with van der Waals surface area (Å²) in [5, 5.41) is 0. The lowest BCUT2D eigenvalue weighted by Crippen LogP contribution is -2.29. The Labute approximate surface area is 224 Å². The summed E-state index contributed by atoms with van der Waals surface area (Å²) >= 11 is 0. The van der Waals surface area contributed by atoms with E-state index < -0.39 is 36.2 Å². The SMILES string of the molecule is CC1CC(=O)O[C@H](C)CC(=O)O[C@H](C)CC(=O)O1.CO[C@H](C)CC(=O)OCCC(C)OC(=O)C[C@@H](C)OC. The molecule has 12 nitrogen and oxygen atoms in total. The fourth-order valence-electron chi connectivity index (χ4n) is 3.01. The van der Waals surface area contributed by atoms with E-state index >= 15 is 0 Å². The first-order chi connectivity index (χ1) is 17.7. The van der Waals surface area contributed by atoms with Gasteiger partial charge in [0.05, 0.1) is 50.9 Å². The summed E-state index contributed by atoms with van der Waals surface area (Å²) in [4.78, 5) is 57.1. The first-order valence-electron chi connectivity index (χ1n) is 12.7. The Morgan fingerprint density at radius 2 is 1.08 bits per heavy atom. The van der Waals surface area contributed by atoms with Gasteiger partial charge >= 0.3 is 29.8 Å². The zero-order valence-corrected chi connectivity index (χ0v) is 23.8. The third-order valence-corrected chi connectivity index (χ3v) is 5.19. The van der Waals surface area contributed by atoms with Gasteiger partial charge in [0.2, 0.25) is 0 Å². The molecule has 2 unspecified atom stereocenters. The van der Waals surface area contributed by atoms with E-state index in [0.29, 0.717) is 6.42 Å². The summed E-state index contributed by atoms with van der Waals surface area (Å²) in [7, 11) is 3.09. The van der Waals surface area contributed by atoms with Crippen LogP contribution in [0.15, 0.2) is 0 Å². The van der Waals surface area contributed by atoms with E-state index in [4.69, 9.17) is 33.2 Å². The average Bonchev–Trinajstić information content (AvgIpc) is 2.77. The number of rotatable bonds is 10. The van der Waals surface area contributed by atoms with Crippen LogP contribution >= 0.6 is 0 Å². The normalized spacial score (nSPS) is 22.9. The lowest BCUT2D eigenvalue weighted by Gasteiger charge is -2.20. The molecule has 0 aromatic heterocycles. The number of esters is 5. The van der Waals surface area contributed by atoms with Crippen molar-refractivity contribution in [2.75, 3.05) is 20.8 Å². The highest BCUT2D eigenvalue weighted by atomic mass is 16.6. The van der Waals surface area contributed by atoms with Crippen molar-refractivity contribution in [2.45, 2.75) is 117 Å². The van der Waals surface area contributed by atoms with Crippen molar-refractivity contribution in [1.82, 2.24) is 0 Å². The van der Waals surface area contributed by atoms with Crippen LogP contribution in [-0.2, 0) is 57.1 Å². The van der Waals surface area contributed by atoms with Gasteiger partial charge in [-0.25, -0.2) is 0 Å². The van der Waals surface area contributed by atoms with Crippen molar-refractivity contribution in [3.05, 3.63) is 0 Å². The zero-order chi connectivity index (χ0) is 29.3. The van der Waals surface area contributed by atoms with Crippen LogP contribution in [0.25, 0.3) is 0 Å². The van der Waals surface area contributed by atoms with Crippen molar-refractivity contribution in [2.24, 2.45) is 0 Å². The van der Waals surface area contributed by atoms with E-state index in [-0.39, 0.29) is 69.0 Å². The van der Waals surface area contributed by atoms with Crippen LogP contribution in [0.5, 0.6) is 0 Å². The largest absolute Gasteiger partial charge is 0.465 e. The van der Waals surface area contributed by atoms with Gasteiger partial charge in [-0.2, -0.15) is 0 Å². The number of ether oxygens (including phenoxy) is 7. The van der Waals surface area contributed by atoms with E-state index in [1.165, 1.54) is 0 Å². The molecule has 1 rings (SSSR count). The number of hydrogen-bond acceptors (Lipinski definition) is 12. The molecule has 0 radical (unpaired) electrons. The van der Waals surface area contributed by atoms with E-state index in [9.17, 15) is 24.0 Å². The first-order valence-corrected chi connectivity index (χ1v) is 12.7. The molecule has 0 bridgehead atoms.